The van der Waals surface area contributed by atoms with Crippen molar-refractivity contribution in [1.29, 1.82) is 0 Å². The number of rotatable bonds is 2. The second kappa shape index (κ2) is 4.58. The Bertz CT molecular complexity index is 277. The molecule has 1 aliphatic heterocycles. The van der Waals surface area contributed by atoms with Gasteiger partial charge in [-0.05, 0) is 0 Å². The van der Waals surface area contributed by atoms with Crippen molar-refractivity contribution in [3.05, 3.63) is 0 Å². The van der Waals surface area contributed by atoms with Crippen molar-refractivity contribution in [2.45, 2.75) is 37.4 Å². The smallest absolute Gasteiger partial charge is 0.306 e. The van der Waals surface area contributed by atoms with E-state index in [1.165, 1.54) is 0 Å². The van der Waals surface area contributed by atoms with Gasteiger partial charge in [0, 0.05) is 13.5 Å². The Labute approximate surface area is 90.5 Å². The van der Waals surface area contributed by atoms with Crippen molar-refractivity contribution in [2.75, 3.05) is 6.54 Å². The first kappa shape index (κ1) is 13.2. The van der Waals surface area contributed by atoms with E-state index in [4.69, 9.17) is 21.3 Å². The van der Waals surface area contributed by atoms with Gasteiger partial charge in [-0.15, -0.1) is 0 Å². The van der Waals surface area contributed by atoms with Gasteiger partial charge in [-0.25, -0.2) is 8.78 Å². The third-order valence-electron chi connectivity index (χ3n) is 2.31. The van der Waals surface area contributed by atoms with Crippen LogP contribution in [0.5, 0.6) is 0 Å². The van der Waals surface area contributed by atoms with Crippen LogP contribution in [0.4, 0.5) is 8.78 Å². The molecular formula is C8H14F2N2O4. The van der Waals surface area contributed by atoms with Gasteiger partial charge in [0.1, 0.15) is 12.1 Å². The first-order valence-corrected chi connectivity index (χ1v) is 4.65. The highest BCUT2D eigenvalue weighted by Gasteiger charge is 2.58. The van der Waals surface area contributed by atoms with Crippen LogP contribution < -0.4 is 11.5 Å². The summed E-state index contributed by atoms with van der Waals surface area (Å²) in [5, 5.41) is 9.14. The molecule has 0 aromatic heterocycles. The molecule has 0 aromatic carbocycles. The van der Waals surface area contributed by atoms with Gasteiger partial charge >= 0.3 is 11.9 Å². The predicted octanol–water partition coefficient (Wildman–Crippen LogP) is -1.44. The highest BCUT2D eigenvalue weighted by molar-refractivity contribution is 5.66. The highest BCUT2D eigenvalue weighted by Crippen LogP contribution is 2.34. The lowest BCUT2D eigenvalue weighted by Crippen LogP contribution is -2.67. The molecule has 5 N–H and O–H groups in total. The summed E-state index contributed by atoms with van der Waals surface area (Å²) >= 11 is 0. The second-order valence-electron chi connectivity index (χ2n) is 3.53. The molecule has 0 aliphatic carbocycles. The monoisotopic (exact) mass is 240 g/mol. The molecule has 1 heterocycles. The number of carbonyl (C=O) groups is 1. The van der Waals surface area contributed by atoms with E-state index < -0.39 is 36.4 Å². The van der Waals surface area contributed by atoms with Crippen molar-refractivity contribution in [1.82, 2.24) is 0 Å². The van der Waals surface area contributed by atoms with Gasteiger partial charge < -0.3 is 26.0 Å². The predicted molar refractivity (Wildman–Crippen MR) is 48.4 cm³/mol. The Morgan fingerprint density at radius 3 is 2.62 bits per heavy atom. The normalized spacial score (nSPS) is 38.1. The molecule has 6 nitrogen and oxygen atoms in total. The lowest BCUT2D eigenvalue weighted by molar-refractivity contribution is -0.293. The number of aliphatic hydroxyl groups excluding tert-OH is 1. The number of hydrogen-bond acceptors (Lipinski definition) is 6. The second-order valence-corrected chi connectivity index (χ2v) is 3.53. The number of nitrogens with two attached hydrogens (primary N) is 2. The summed E-state index contributed by atoms with van der Waals surface area (Å²) in [7, 11) is 0. The number of esters is 1. The number of halogens is 2. The molecular weight excluding hydrogens is 226 g/mol. The van der Waals surface area contributed by atoms with Crippen LogP contribution in [0.15, 0.2) is 0 Å². The Morgan fingerprint density at radius 1 is 1.62 bits per heavy atom. The SMILES string of the molecule is CC(=O)O[C@@H]1[C@@H](CN)OC(O)[C@H](N)C1(F)F. The average molecular weight is 240 g/mol. The number of alkyl halides is 2. The summed E-state index contributed by atoms with van der Waals surface area (Å²) in [6.07, 6.45) is -5.00. The van der Waals surface area contributed by atoms with E-state index in [0.29, 0.717) is 0 Å². The maximum Gasteiger partial charge on any atom is 0.306 e. The van der Waals surface area contributed by atoms with Gasteiger partial charge in [0.2, 0.25) is 0 Å². The van der Waals surface area contributed by atoms with E-state index in [1.807, 2.05) is 0 Å². The fourth-order valence-corrected chi connectivity index (χ4v) is 1.48. The quantitative estimate of drug-likeness (QED) is 0.510. The molecule has 1 aliphatic rings. The largest absolute Gasteiger partial charge is 0.453 e. The molecule has 4 atom stereocenters. The van der Waals surface area contributed by atoms with Crippen LogP contribution in [0.25, 0.3) is 0 Å². The van der Waals surface area contributed by atoms with E-state index in [2.05, 4.69) is 4.74 Å². The fraction of sp³-hybridized carbons (Fsp3) is 0.875. The van der Waals surface area contributed by atoms with Gasteiger partial charge in [0.25, 0.3) is 0 Å². The van der Waals surface area contributed by atoms with Gasteiger partial charge in [0.05, 0.1) is 0 Å². The lowest BCUT2D eigenvalue weighted by atomic mass is 9.96. The Kier molecular flexibility index (Phi) is 3.79. The summed E-state index contributed by atoms with van der Waals surface area (Å²) in [5.41, 5.74) is 10.3. The maximum atomic E-state index is 13.6. The molecule has 0 radical (unpaired) electrons. The highest BCUT2D eigenvalue weighted by atomic mass is 19.3. The molecule has 0 spiro atoms. The van der Waals surface area contributed by atoms with Crippen LogP contribution >= 0.6 is 0 Å². The maximum absolute atomic E-state index is 13.6. The molecule has 16 heavy (non-hydrogen) atoms. The zero-order valence-electron chi connectivity index (χ0n) is 8.60. The van der Waals surface area contributed by atoms with Crippen LogP contribution in [0.2, 0.25) is 0 Å². The summed E-state index contributed by atoms with van der Waals surface area (Å²) in [6, 6.07) is -1.96. The van der Waals surface area contributed by atoms with E-state index >= 15 is 0 Å². The molecule has 0 amide bonds. The van der Waals surface area contributed by atoms with Crippen LogP contribution in [-0.4, -0.2) is 48.1 Å². The number of carbonyl (C=O) groups excluding carboxylic acids is 1. The van der Waals surface area contributed by atoms with E-state index in [0.717, 1.165) is 6.92 Å². The van der Waals surface area contributed by atoms with Gasteiger partial charge in [-0.1, -0.05) is 0 Å². The molecule has 1 saturated heterocycles. The van der Waals surface area contributed by atoms with Crippen LogP contribution in [0.3, 0.4) is 0 Å². The Balaban J connectivity index is 2.93. The van der Waals surface area contributed by atoms with Crippen molar-refractivity contribution < 1.29 is 28.2 Å². The third-order valence-corrected chi connectivity index (χ3v) is 2.31. The number of hydrogen-bond donors (Lipinski definition) is 3. The molecule has 0 aromatic rings. The summed E-state index contributed by atoms with van der Waals surface area (Å²) in [6.45, 7) is 0.664. The van der Waals surface area contributed by atoms with Crippen molar-refractivity contribution in [3.63, 3.8) is 0 Å². The third kappa shape index (κ3) is 2.29. The van der Waals surface area contributed by atoms with Gasteiger partial charge in [0.15, 0.2) is 12.4 Å². The Morgan fingerprint density at radius 2 is 2.19 bits per heavy atom. The minimum Gasteiger partial charge on any atom is -0.453 e. The molecule has 0 bridgehead atoms. The van der Waals surface area contributed by atoms with Crippen molar-refractivity contribution in [3.8, 4) is 0 Å². The fourth-order valence-electron chi connectivity index (χ4n) is 1.48. The van der Waals surface area contributed by atoms with E-state index in [-0.39, 0.29) is 6.54 Å². The summed E-state index contributed by atoms with van der Waals surface area (Å²) in [5.74, 6) is -4.48. The molecule has 8 heteroatoms. The standard InChI is InChI=1S/C8H14F2N2O4/c1-3(13)15-6-4(2-11)16-7(14)5(12)8(6,9)10/h4-7,14H,2,11-12H2,1H3/t4-,5+,6-,7?/m1/s1. The molecule has 1 rings (SSSR count). The number of aliphatic hydroxyl groups is 1. The molecule has 94 valence electrons. The summed E-state index contributed by atoms with van der Waals surface area (Å²) in [4.78, 5) is 10.7. The van der Waals surface area contributed by atoms with Gasteiger partial charge in [-0.3, -0.25) is 4.79 Å². The lowest BCUT2D eigenvalue weighted by Gasteiger charge is -2.42. The Hall–Kier alpha value is -0.830. The van der Waals surface area contributed by atoms with Crippen molar-refractivity contribution in [2.24, 2.45) is 11.5 Å². The minimum atomic E-state index is -3.59. The topological polar surface area (TPSA) is 108 Å². The zero-order valence-corrected chi connectivity index (χ0v) is 8.60. The molecule has 1 unspecified atom stereocenters. The van der Waals surface area contributed by atoms with E-state index in [1.54, 1.807) is 0 Å². The number of ether oxygens (including phenoxy) is 2. The summed E-state index contributed by atoms with van der Waals surface area (Å²) < 4.78 is 36.4. The molecule has 0 saturated carbocycles. The van der Waals surface area contributed by atoms with Gasteiger partial charge in [-0.2, -0.15) is 0 Å². The first-order valence-electron chi connectivity index (χ1n) is 4.65. The zero-order chi connectivity index (χ0) is 12.5. The van der Waals surface area contributed by atoms with Crippen LogP contribution in [0, 0.1) is 0 Å². The average Bonchev–Trinajstić information content (AvgIpc) is 2.19. The van der Waals surface area contributed by atoms with Crippen LogP contribution in [0.1, 0.15) is 6.92 Å². The van der Waals surface area contributed by atoms with Crippen LogP contribution in [-0.2, 0) is 14.3 Å². The minimum absolute atomic E-state index is 0.322. The molecule has 1 fully saturated rings. The van der Waals surface area contributed by atoms with Crippen molar-refractivity contribution >= 4 is 5.97 Å². The first-order chi connectivity index (χ1) is 7.30. The van der Waals surface area contributed by atoms with E-state index in [9.17, 15) is 13.6 Å².